The number of alkyl halides is 3. The molecule has 0 aliphatic rings. The van der Waals surface area contributed by atoms with Crippen LogP contribution in [0.3, 0.4) is 0 Å². The standard InChI is InChI=1S/C10H4ClF3IN5O/c1-3-4(8-18-9(19-21-8)10(12,13)14)6(11)20-7(5(3)15)16-2-17-20/h2H,1H3. The minimum atomic E-state index is -4.69. The quantitative estimate of drug-likeness (QED) is 0.438. The molecular formula is C10H4ClF3IN5O. The summed E-state index contributed by atoms with van der Waals surface area (Å²) in [6.45, 7) is 1.68. The summed E-state index contributed by atoms with van der Waals surface area (Å²) >= 11 is 8.16. The summed E-state index contributed by atoms with van der Waals surface area (Å²) in [6.07, 6.45) is -3.39. The first kappa shape index (κ1) is 14.5. The van der Waals surface area contributed by atoms with Crippen molar-refractivity contribution in [3.63, 3.8) is 0 Å². The third kappa shape index (κ3) is 2.25. The van der Waals surface area contributed by atoms with E-state index in [-0.39, 0.29) is 16.6 Å². The van der Waals surface area contributed by atoms with Gasteiger partial charge in [0, 0.05) is 0 Å². The zero-order valence-electron chi connectivity index (χ0n) is 10.1. The van der Waals surface area contributed by atoms with Crippen LogP contribution in [0.1, 0.15) is 11.4 Å². The maximum Gasteiger partial charge on any atom is 0.455 e. The van der Waals surface area contributed by atoms with Crippen molar-refractivity contribution >= 4 is 39.8 Å². The molecule has 0 bridgehead atoms. The van der Waals surface area contributed by atoms with Crippen LogP contribution in [0.15, 0.2) is 10.9 Å². The minimum Gasteiger partial charge on any atom is -0.334 e. The van der Waals surface area contributed by atoms with Crippen LogP contribution in [0.4, 0.5) is 13.2 Å². The zero-order chi connectivity index (χ0) is 15.4. The molecule has 0 N–H and O–H groups in total. The molecule has 0 aliphatic heterocycles. The molecule has 0 radical (unpaired) electrons. The smallest absolute Gasteiger partial charge is 0.334 e. The molecule has 0 atom stereocenters. The fourth-order valence-electron chi connectivity index (χ4n) is 1.76. The molecule has 3 heterocycles. The van der Waals surface area contributed by atoms with Crippen LogP contribution >= 0.6 is 34.2 Å². The van der Waals surface area contributed by atoms with E-state index in [0.717, 1.165) is 0 Å². The Hall–Kier alpha value is -1.43. The number of halogens is 5. The first-order valence-electron chi connectivity index (χ1n) is 5.39. The van der Waals surface area contributed by atoms with Gasteiger partial charge in [-0.2, -0.15) is 23.3 Å². The fraction of sp³-hybridized carbons (Fsp3) is 0.200. The Bertz CT molecular complexity index is 843. The number of aromatic nitrogens is 5. The second-order valence-electron chi connectivity index (χ2n) is 4.02. The molecule has 21 heavy (non-hydrogen) atoms. The number of hydrogen-bond acceptors (Lipinski definition) is 5. The Morgan fingerprint density at radius 1 is 1.38 bits per heavy atom. The highest BCUT2D eigenvalue weighted by molar-refractivity contribution is 14.1. The van der Waals surface area contributed by atoms with E-state index < -0.39 is 12.0 Å². The lowest BCUT2D eigenvalue weighted by Gasteiger charge is -2.08. The molecule has 11 heteroatoms. The summed E-state index contributed by atoms with van der Waals surface area (Å²) in [6, 6.07) is 0. The van der Waals surface area contributed by atoms with Gasteiger partial charge in [-0.15, -0.1) is 0 Å². The van der Waals surface area contributed by atoms with Crippen molar-refractivity contribution in [2.45, 2.75) is 13.1 Å². The third-order valence-electron chi connectivity index (χ3n) is 2.73. The van der Waals surface area contributed by atoms with Crippen molar-refractivity contribution in [1.29, 1.82) is 0 Å². The summed E-state index contributed by atoms with van der Waals surface area (Å²) in [4.78, 5) is 7.39. The van der Waals surface area contributed by atoms with Crippen LogP contribution in [0.2, 0.25) is 5.15 Å². The normalized spacial score (nSPS) is 12.3. The number of fused-ring (bicyclic) bond motifs is 1. The average Bonchev–Trinajstić information content (AvgIpc) is 3.04. The highest BCUT2D eigenvalue weighted by Gasteiger charge is 2.38. The van der Waals surface area contributed by atoms with E-state index in [9.17, 15) is 13.2 Å². The van der Waals surface area contributed by atoms with Crippen molar-refractivity contribution in [3.8, 4) is 11.5 Å². The summed E-state index contributed by atoms with van der Waals surface area (Å²) in [5.74, 6) is -1.68. The van der Waals surface area contributed by atoms with E-state index in [1.165, 1.54) is 10.8 Å². The Morgan fingerprint density at radius 3 is 2.71 bits per heavy atom. The Labute approximate surface area is 133 Å². The number of pyridine rings is 1. The average molecular weight is 430 g/mol. The van der Waals surface area contributed by atoms with Crippen molar-refractivity contribution in [3.05, 3.63) is 26.4 Å². The molecule has 110 valence electrons. The van der Waals surface area contributed by atoms with E-state index in [2.05, 4.69) is 24.7 Å². The van der Waals surface area contributed by atoms with Crippen molar-refractivity contribution in [1.82, 2.24) is 24.7 Å². The lowest BCUT2D eigenvalue weighted by Crippen LogP contribution is -2.07. The monoisotopic (exact) mass is 429 g/mol. The van der Waals surface area contributed by atoms with Gasteiger partial charge in [0.1, 0.15) is 11.5 Å². The van der Waals surface area contributed by atoms with Gasteiger partial charge in [0.25, 0.3) is 11.7 Å². The topological polar surface area (TPSA) is 69.1 Å². The maximum atomic E-state index is 12.6. The molecule has 3 rings (SSSR count). The highest BCUT2D eigenvalue weighted by atomic mass is 127. The number of nitrogens with zero attached hydrogens (tertiary/aromatic N) is 5. The Balaban J connectivity index is 2.27. The van der Waals surface area contributed by atoms with Gasteiger partial charge < -0.3 is 4.52 Å². The van der Waals surface area contributed by atoms with Gasteiger partial charge in [-0.1, -0.05) is 16.8 Å². The van der Waals surface area contributed by atoms with Crippen molar-refractivity contribution in [2.75, 3.05) is 0 Å². The van der Waals surface area contributed by atoms with Crippen LogP contribution in [0.25, 0.3) is 17.1 Å². The molecule has 0 saturated carbocycles. The molecule has 0 spiro atoms. The molecule has 3 aromatic heterocycles. The lowest BCUT2D eigenvalue weighted by atomic mass is 10.1. The molecule has 0 aromatic carbocycles. The van der Waals surface area contributed by atoms with Gasteiger partial charge in [-0.3, -0.25) is 0 Å². The van der Waals surface area contributed by atoms with Crippen LogP contribution in [0, 0.1) is 10.5 Å². The second-order valence-corrected chi connectivity index (χ2v) is 5.46. The van der Waals surface area contributed by atoms with E-state index in [0.29, 0.717) is 14.8 Å². The predicted octanol–water partition coefficient (Wildman–Crippen LogP) is 3.36. The van der Waals surface area contributed by atoms with Crippen LogP contribution in [-0.4, -0.2) is 24.7 Å². The Kier molecular flexibility index (Phi) is 3.31. The molecule has 0 unspecified atom stereocenters. The summed E-state index contributed by atoms with van der Waals surface area (Å²) in [5, 5.41) is 6.90. The van der Waals surface area contributed by atoms with Crippen LogP contribution in [-0.2, 0) is 6.18 Å². The predicted molar refractivity (Wildman–Crippen MR) is 73.7 cm³/mol. The Morgan fingerprint density at radius 2 is 2.10 bits per heavy atom. The van der Waals surface area contributed by atoms with E-state index in [4.69, 9.17) is 11.6 Å². The van der Waals surface area contributed by atoms with E-state index in [1.54, 1.807) is 6.92 Å². The third-order valence-corrected chi connectivity index (χ3v) is 4.37. The van der Waals surface area contributed by atoms with Gasteiger partial charge in [-0.05, 0) is 35.1 Å². The largest absolute Gasteiger partial charge is 0.455 e. The first-order valence-corrected chi connectivity index (χ1v) is 6.85. The molecule has 3 aromatic rings. The summed E-state index contributed by atoms with van der Waals surface area (Å²) in [7, 11) is 0. The molecular weight excluding hydrogens is 425 g/mol. The van der Waals surface area contributed by atoms with E-state index >= 15 is 0 Å². The lowest BCUT2D eigenvalue weighted by molar-refractivity contribution is -0.146. The van der Waals surface area contributed by atoms with Gasteiger partial charge >= 0.3 is 6.18 Å². The molecule has 0 fully saturated rings. The van der Waals surface area contributed by atoms with Crippen LogP contribution < -0.4 is 0 Å². The maximum absolute atomic E-state index is 12.6. The minimum absolute atomic E-state index is 0.0535. The van der Waals surface area contributed by atoms with Crippen molar-refractivity contribution < 1.29 is 17.7 Å². The van der Waals surface area contributed by atoms with Gasteiger partial charge in [-0.25, -0.2) is 9.50 Å². The van der Waals surface area contributed by atoms with Gasteiger partial charge in [0.05, 0.1) is 9.13 Å². The number of rotatable bonds is 1. The molecule has 6 nitrogen and oxygen atoms in total. The SMILES string of the molecule is Cc1c(-c2nc(C(F)(F)F)no2)c(Cl)n2ncnc2c1I. The zero-order valence-corrected chi connectivity index (χ0v) is 13.0. The second kappa shape index (κ2) is 4.80. The fourth-order valence-corrected chi connectivity index (χ4v) is 2.75. The molecule has 0 aliphatic carbocycles. The van der Waals surface area contributed by atoms with Gasteiger partial charge in [0.15, 0.2) is 5.65 Å². The summed E-state index contributed by atoms with van der Waals surface area (Å²) < 4.78 is 44.3. The first-order chi connectivity index (χ1) is 9.80. The van der Waals surface area contributed by atoms with Crippen molar-refractivity contribution in [2.24, 2.45) is 0 Å². The van der Waals surface area contributed by atoms with Crippen LogP contribution in [0.5, 0.6) is 0 Å². The molecule has 0 saturated heterocycles. The van der Waals surface area contributed by atoms with Gasteiger partial charge in [0.2, 0.25) is 0 Å². The molecule has 0 amide bonds. The van der Waals surface area contributed by atoms with E-state index in [1.807, 2.05) is 22.6 Å². The number of hydrogen-bond donors (Lipinski definition) is 0. The highest BCUT2D eigenvalue weighted by Crippen LogP contribution is 2.36. The summed E-state index contributed by atoms with van der Waals surface area (Å²) in [5.41, 5.74) is 1.28.